The second-order valence-corrected chi connectivity index (χ2v) is 15.2. The first kappa shape index (κ1) is 36.7. The third-order valence-corrected chi connectivity index (χ3v) is 11.2. The number of likely N-dealkylation sites (N-methyl/N-ethyl adjacent to an activating group) is 1. The van der Waals surface area contributed by atoms with Crippen molar-refractivity contribution in [2.75, 3.05) is 64.6 Å². The van der Waals surface area contributed by atoms with E-state index in [1.54, 1.807) is 32.4 Å². The molecule has 2 amide bonds. The molecule has 5 rings (SSSR count). The Hall–Kier alpha value is -3.58. The number of piperazine rings is 1. The van der Waals surface area contributed by atoms with Crippen molar-refractivity contribution in [3.63, 3.8) is 0 Å². The third kappa shape index (κ3) is 8.97. The molecule has 2 aliphatic heterocycles. The van der Waals surface area contributed by atoms with Crippen molar-refractivity contribution in [1.82, 2.24) is 30.0 Å². The number of likely N-dealkylation sites (tertiary alicyclic amines) is 1. The maximum atomic E-state index is 13.4. The quantitative estimate of drug-likeness (QED) is 0.211. The van der Waals surface area contributed by atoms with Crippen LogP contribution >= 0.6 is 23.4 Å². The lowest BCUT2D eigenvalue weighted by atomic mass is 10.0. The van der Waals surface area contributed by atoms with Crippen molar-refractivity contribution >= 4 is 52.6 Å². The highest BCUT2D eigenvalue weighted by Gasteiger charge is 2.39. The van der Waals surface area contributed by atoms with Crippen molar-refractivity contribution in [2.24, 2.45) is 0 Å². The summed E-state index contributed by atoms with van der Waals surface area (Å²) in [6.45, 7) is 11.1. The van der Waals surface area contributed by atoms with Crippen LogP contribution in [0.3, 0.4) is 0 Å². The van der Waals surface area contributed by atoms with Gasteiger partial charge in [-0.15, -0.1) is 11.8 Å². The molecule has 0 saturated carbocycles. The SMILES string of the molecule is CNc1nc(Nc2ccc(C(=O)N3CCN(Cc4ccc(CSC(C)(C)C(NC)C(=O)N5CCCC5C)cc4)CC3)cc2OC)ncc1Cl. The molecule has 2 fully saturated rings. The van der Waals surface area contributed by atoms with E-state index in [9.17, 15) is 9.59 Å². The molecule has 49 heavy (non-hydrogen) atoms. The third-order valence-electron chi connectivity index (χ3n) is 9.44. The molecule has 3 aromatic rings. The summed E-state index contributed by atoms with van der Waals surface area (Å²) in [4.78, 5) is 41.7. The van der Waals surface area contributed by atoms with Gasteiger partial charge in [-0.3, -0.25) is 14.5 Å². The molecule has 0 bridgehead atoms. The average Bonchev–Trinajstić information content (AvgIpc) is 3.54. The minimum atomic E-state index is -0.253. The van der Waals surface area contributed by atoms with Crippen LogP contribution in [0.5, 0.6) is 5.75 Å². The van der Waals surface area contributed by atoms with Crippen molar-refractivity contribution < 1.29 is 14.3 Å². The lowest BCUT2D eigenvalue weighted by Gasteiger charge is -2.36. The van der Waals surface area contributed by atoms with Crippen LogP contribution in [-0.2, 0) is 17.1 Å². The van der Waals surface area contributed by atoms with Gasteiger partial charge >= 0.3 is 0 Å². The Bertz CT molecular complexity index is 1600. The highest BCUT2D eigenvalue weighted by molar-refractivity contribution is 7.99. The normalized spacial score (nSPS) is 17.6. The molecule has 0 aliphatic carbocycles. The minimum Gasteiger partial charge on any atom is -0.495 e. The number of methoxy groups -OCH3 is 1. The van der Waals surface area contributed by atoms with E-state index < -0.39 is 0 Å². The smallest absolute Gasteiger partial charge is 0.254 e. The van der Waals surface area contributed by atoms with E-state index in [1.807, 2.05) is 28.6 Å². The highest BCUT2D eigenvalue weighted by atomic mass is 35.5. The molecule has 3 heterocycles. The summed E-state index contributed by atoms with van der Waals surface area (Å²) in [5.41, 5.74) is 3.70. The number of anilines is 3. The fourth-order valence-electron chi connectivity index (χ4n) is 6.49. The largest absolute Gasteiger partial charge is 0.495 e. The van der Waals surface area contributed by atoms with E-state index in [1.165, 1.54) is 17.3 Å². The Balaban J connectivity index is 1.10. The number of amides is 2. The number of benzene rings is 2. The number of thioether (sulfide) groups is 1. The van der Waals surface area contributed by atoms with Gasteiger partial charge in [-0.25, -0.2) is 4.98 Å². The second kappa shape index (κ2) is 16.4. The molecule has 2 unspecified atom stereocenters. The number of aromatic nitrogens is 2. The highest BCUT2D eigenvalue weighted by Crippen LogP contribution is 2.34. The summed E-state index contributed by atoms with van der Waals surface area (Å²) >= 11 is 7.92. The molecule has 2 atom stereocenters. The lowest BCUT2D eigenvalue weighted by molar-refractivity contribution is -0.134. The summed E-state index contributed by atoms with van der Waals surface area (Å²) in [6.07, 6.45) is 3.69. The second-order valence-electron chi connectivity index (χ2n) is 13.2. The van der Waals surface area contributed by atoms with E-state index in [4.69, 9.17) is 16.3 Å². The molecule has 13 heteroatoms. The first-order valence-corrected chi connectivity index (χ1v) is 18.3. The Kier molecular flexibility index (Phi) is 12.3. The molecule has 0 spiro atoms. The minimum absolute atomic E-state index is 0.0216. The Morgan fingerprint density at radius 1 is 1.06 bits per heavy atom. The number of halogens is 1. The Labute approximate surface area is 299 Å². The van der Waals surface area contributed by atoms with Gasteiger partial charge in [-0.2, -0.15) is 4.98 Å². The molecule has 11 nitrogen and oxygen atoms in total. The van der Waals surface area contributed by atoms with Crippen molar-refractivity contribution in [2.45, 2.75) is 62.7 Å². The Morgan fingerprint density at radius 2 is 1.78 bits per heavy atom. The number of rotatable bonds is 13. The maximum Gasteiger partial charge on any atom is 0.254 e. The number of carbonyl (C=O) groups is 2. The molecule has 264 valence electrons. The van der Waals surface area contributed by atoms with Crippen LogP contribution in [0.4, 0.5) is 17.5 Å². The van der Waals surface area contributed by atoms with E-state index in [2.05, 4.69) is 75.9 Å². The number of hydrogen-bond acceptors (Lipinski definition) is 10. The van der Waals surface area contributed by atoms with Crippen molar-refractivity contribution in [3.8, 4) is 5.75 Å². The fraction of sp³-hybridized carbons (Fsp3) is 0.500. The van der Waals surface area contributed by atoms with Gasteiger partial charge in [0.05, 0.1) is 19.0 Å². The van der Waals surface area contributed by atoms with Gasteiger partial charge in [0.2, 0.25) is 11.9 Å². The van der Waals surface area contributed by atoms with Gasteiger partial charge in [0.25, 0.3) is 5.91 Å². The van der Waals surface area contributed by atoms with Crippen molar-refractivity contribution in [1.29, 1.82) is 0 Å². The van der Waals surface area contributed by atoms with E-state index in [0.717, 1.165) is 44.8 Å². The lowest BCUT2D eigenvalue weighted by Crippen LogP contribution is -2.55. The molecular weight excluding hydrogens is 660 g/mol. The van der Waals surface area contributed by atoms with Crippen LogP contribution in [0.2, 0.25) is 5.02 Å². The maximum absolute atomic E-state index is 13.4. The monoisotopic (exact) mass is 708 g/mol. The fourth-order valence-corrected chi connectivity index (χ4v) is 7.79. The van der Waals surface area contributed by atoms with Gasteiger partial charge in [-0.05, 0) is 70.0 Å². The van der Waals surface area contributed by atoms with Gasteiger partial charge in [0.15, 0.2) is 0 Å². The standard InChI is InChI=1S/C36H49ClN8O3S/c1-24-8-7-15-45(24)34(47)31(38-4)36(2,3)49-23-26-11-9-25(10-12-26)22-43-16-18-44(19-17-43)33(46)27-13-14-29(30(20-27)48-6)41-35-40-21-28(37)32(39-5)42-35/h9-14,20-21,24,31,38H,7-8,15-19,22-23H2,1-6H3,(H2,39,40,41,42). The zero-order valence-electron chi connectivity index (χ0n) is 29.4. The number of nitrogens with zero attached hydrogens (tertiary/aromatic N) is 5. The van der Waals surface area contributed by atoms with Crippen LogP contribution < -0.4 is 20.7 Å². The predicted octanol–water partition coefficient (Wildman–Crippen LogP) is 5.49. The van der Waals surface area contributed by atoms with Gasteiger partial charge in [0.1, 0.15) is 22.6 Å². The van der Waals surface area contributed by atoms with Crippen LogP contribution in [0.25, 0.3) is 0 Å². The summed E-state index contributed by atoms with van der Waals surface area (Å²) in [7, 11) is 5.20. The van der Waals surface area contributed by atoms with Crippen LogP contribution in [-0.4, -0.2) is 107 Å². The molecule has 0 radical (unpaired) electrons. The van der Waals surface area contributed by atoms with E-state index >= 15 is 0 Å². The summed E-state index contributed by atoms with van der Waals surface area (Å²) in [5, 5.41) is 9.81. The molecular formula is C36H49ClN8O3S. The molecule has 2 aliphatic rings. The number of hydrogen-bond donors (Lipinski definition) is 3. The molecule has 3 N–H and O–H groups in total. The van der Waals surface area contributed by atoms with Crippen molar-refractivity contribution in [3.05, 3.63) is 70.4 Å². The molecule has 2 saturated heterocycles. The summed E-state index contributed by atoms with van der Waals surface area (Å²) in [5.74, 6) is 2.41. The van der Waals surface area contributed by atoms with Crippen LogP contribution in [0.15, 0.2) is 48.7 Å². The van der Waals surface area contributed by atoms with Gasteiger partial charge in [0, 0.05) is 68.4 Å². The first-order valence-electron chi connectivity index (χ1n) is 16.9. The number of carbonyl (C=O) groups excluding carboxylic acids is 2. The number of ether oxygens (including phenoxy) is 1. The topological polar surface area (TPSA) is 115 Å². The first-order chi connectivity index (χ1) is 23.5. The predicted molar refractivity (Wildman–Crippen MR) is 199 cm³/mol. The number of nitrogens with one attached hydrogen (secondary N) is 3. The van der Waals surface area contributed by atoms with E-state index in [-0.39, 0.29) is 22.6 Å². The average molecular weight is 709 g/mol. The summed E-state index contributed by atoms with van der Waals surface area (Å²) < 4.78 is 5.34. The summed E-state index contributed by atoms with van der Waals surface area (Å²) in [6, 6.07) is 14.2. The Morgan fingerprint density at radius 3 is 2.41 bits per heavy atom. The zero-order chi connectivity index (χ0) is 35.1. The van der Waals surface area contributed by atoms with Crippen LogP contribution in [0.1, 0.15) is 55.1 Å². The van der Waals surface area contributed by atoms with Crippen LogP contribution in [0, 0.1) is 0 Å². The van der Waals surface area contributed by atoms with Gasteiger partial charge in [-0.1, -0.05) is 35.9 Å². The zero-order valence-corrected chi connectivity index (χ0v) is 31.0. The van der Waals surface area contributed by atoms with E-state index in [0.29, 0.717) is 52.9 Å². The molecule has 1 aromatic heterocycles. The van der Waals surface area contributed by atoms with Gasteiger partial charge < -0.3 is 30.5 Å². The molecule has 2 aromatic carbocycles.